The zero-order chi connectivity index (χ0) is 14.0. The highest BCUT2D eigenvalue weighted by atomic mass is 32.2. The first-order chi connectivity index (χ1) is 8.90. The molecule has 0 saturated heterocycles. The zero-order valence-electron chi connectivity index (χ0n) is 10.8. The molecule has 0 radical (unpaired) electrons. The van der Waals surface area contributed by atoms with E-state index in [4.69, 9.17) is 0 Å². The number of hydrogen-bond donors (Lipinski definition) is 0. The van der Waals surface area contributed by atoms with Gasteiger partial charge in [-0.05, 0) is 31.0 Å². The lowest BCUT2D eigenvalue weighted by atomic mass is 10.1. The molecule has 0 unspecified atom stereocenters. The van der Waals surface area contributed by atoms with Crippen molar-refractivity contribution in [2.24, 2.45) is 0 Å². The van der Waals surface area contributed by atoms with Gasteiger partial charge in [0.15, 0.2) is 6.20 Å². The molecule has 2 aromatic rings. The Labute approximate surface area is 112 Å². The van der Waals surface area contributed by atoms with Crippen LogP contribution < -0.4 is 4.73 Å². The Bertz CT molecular complexity index is 708. The van der Waals surface area contributed by atoms with Crippen molar-refractivity contribution >= 4 is 9.84 Å². The molecule has 2 rings (SSSR count). The fourth-order valence-electron chi connectivity index (χ4n) is 1.89. The molecule has 0 aliphatic carbocycles. The summed E-state index contributed by atoms with van der Waals surface area (Å²) in [4.78, 5) is 0. The summed E-state index contributed by atoms with van der Waals surface area (Å²) in [7, 11) is -3.63. The molecule has 5 heteroatoms. The van der Waals surface area contributed by atoms with E-state index in [9.17, 15) is 13.6 Å². The molecule has 0 bridgehead atoms. The van der Waals surface area contributed by atoms with Crippen LogP contribution in [0.15, 0.2) is 47.6 Å². The second kappa shape index (κ2) is 5.01. The number of aromatic nitrogens is 1. The van der Waals surface area contributed by atoms with Gasteiger partial charge in [0.1, 0.15) is 0 Å². The third-order valence-electron chi connectivity index (χ3n) is 2.96. The maximum absolute atomic E-state index is 12.3. The fourth-order valence-corrected chi connectivity index (χ4v) is 3.38. The number of pyridine rings is 1. The molecule has 100 valence electrons. The molecule has 0 aliphatic rings. The molecule has 0 atom stereocenters. The Balaban J connectivity index is 2.43. The van der Waals surface area contributed by atoms with Crippen LogP contribution in [-0.2, 0) is 15.6 Å². The fraction of sp³-hybridized carbons (Fsp3) is 0.214. The summed E-state index contributed by atoms with van der Waals surface area (Å²) in [5.74, 6) is -0.160. The molecule has 0 aliphatic heterocycles. The lowest BCUT2D eigenvalue weighted by Gasteiger charge is -2.08. The molecule has 4 nitrogen and oxygen atoms in total. The maximum Gasteiger partial charge on any atom is 0.308 e. The van der Waals surface area contributed by atoms with E-state index in [2.05, 4.69) is 0 Å². The van der Waals surface area contributed by atoms with Gasteiger partial charge in [-0.15, -0.1) is 0 Å². The van der Waals surface area contributed by atoms with Gasteiger partial charge in [-0.25, -0.2) is 8.42 Å². The van der Waals surface area contributed by atoms with Crippen LogP contribution in [0.3, 0.4) is 0 Å². The van der Waals surface area contributed by atoms with Crippen LogP contribution in [0.4, 0.5) is 0 Å². The molecule has 0 amide bonds. The zero-order valence-corrected chi connectivity index (χ0v) is 11.6. The van der Waals surface area contributed by atoms with Gasteiger partial charge in [-0.2, -0.15) is 4.73 Å². The molecular weight excluding hydrogens is 262 g/mol. The number of benzene rings is 1. The van der Waals surface area contributed by atoms with Crippen LogP contribution >= 0.6 is 0 Å². The Kier molecular flexibility index (Phi) is 3.57. The monoisotopic (exact) mass is 277 g/mol. The summed E-state index contributed by atoms with van der Waals surface area (Å²) in [5, 5.41) is 11.3. The van der Waals surface area contributed by atoms with Gasteiger partial charge in [0.05, 0.1) is 5.75 Å². The van der Waals surface area contributed by atoms with Crippen molar-refractivity contribution in [2.75, 3.05) is 0 Å². The highest BCUT2D eigenvalue weighted by molar-refractivity contribution is 7.90. The van der Waals surface area contributed by atoms with E-state index in [1.54, 1.807) is 6.07 Å². The number of hydrogen-bond acceptors (Lipinski definition) is 3. The van der Waals surface area contributed by atoms with E-state index in [-0.39, 0.29) is 10.8 Å². The highest BCUT2D eigenvalue weighted by Crippen LogP contribution is 2.17. The highest BCUT2D eigenvalue weighted by Gasteiger charge is 2.24. The summed E-state index contributed by atoms with van der Waals surface area (Å²) in [6, 6.07) is 10.0. The van der Waals surface area contributed by atoms with E-state index in [1.165, 1.54) is 18.3 Å². The van der Waals surface area contributed by atoms with Crippen molar-refractivity contribution in [3.05, 3.63) is 64.5 Å². The molecule has 1 aromatic heterocycles. The Morgan fingerprint density at radius 2 is 1.89 bits per heavy atom. The first kappa shape index (κ1) is 13.5. The van der Waals surface area contributed by atoms with E-state index < -0.39 is 9.84 Å². The molecule has 0 N–H and O–H groups in total. The average Bonchev–Trinajstić information content (AvgIpc) is 2.34. The topological polar surface area (TPSA) is 61.1 Å². The Hall–Kier alpha value is -1.88. The van der Waals surface area contributed by atoms with Crippen LogP contribution in [0.25, 0.3) is 0 Å². The minimum atomic E-state index is -3.63. The molecule has 0 saturated carbocycles. The van der Waals surface area contributed by atoms with Crippen LogP contribution in [-0.4, -0.2) is 8.42 Å². The predicted molar refractivity (Wildman–Crippen MR) is 72.2 cm³/mol. The largest absolute Gasteiger partial charge is 0.618 e. The van der Waals surface area contributed by atoms with Gasteiger partial charge < -0.3 is 5.21 Å². The molecule has 1 heterocycles. The van der Waals surface area contributed by atoms with Crippen molar-refractivity contribution in [1.29, 1.82) is 0 Å². The van der Waals surface area contributed by atoms with Gasteiger partial charge in [-0.1, -0.05) is 23.8 Å². The van der Waals surface area contributed by atoms with Crippen LogP contribution in [0.5, 0.6) is 0 Å². The number of rotatable bonds is 3. The van der Waals surface area contributed by atoms with Crippen LogP contribution in [0, 0.1) is 19.1 Å². The third kappa shape index (κ3) is 2.93. The minimum absolute atomic E-state index is 0.160. The van der Waals surface area contributed by atoms with Gasteiger partial charge in [0, 0.05) is 12.1 Å². The van der Waals surface area contributed by atoms with E-state index >= 15 is 0 Å². The second-order valence-corrected chi connectivity index (χ2v) is 6.49. The van der Waals surface area contributed by atoms with E-state index in [0.29, 0.717) is 4.73 Å². The van der Waals surface area contributed by atoms with Crippen LogP contribution in [0.2, 0.25) is 0 Å². The van der Waals surface area contributed by atoms with Crippen molar-refractivity contribution in [3.8, 4) is 0 Å². The standard InChI is InChI=1S/C14H15NO3S/c1-11-6-7-12(2)13(9-11)10-19(17,18)14-5-3-4-8-15(14)16/h3-9H,10H2,1-2H3. The lowest BCUT2D eigenvalue weighted by molar-refractivity contribution is -0.646. The molecule has 1 aromatic carbocycles. The maximum atomic E-state index is 12.3. The molecule has 0 fully saturated rings. The summed E-state index contributed by atoms with van der Waals surface area (Å²) in [6.45, 7) is 3.77. The minimum Gasteiger partial charge on any atom is -0.618 e. The lowest BCUT2D eigenvalue weighted by Crippen LogP contribution is -2.33. The van der Waals surface area contributed by atoms with Crippen LogP contribution in [0.1, 0.15) is 16.7 Å². The summed E-state index contributed by atoms with van der Waals surface area (Å²) >= 11 is 0. The molecule has 0 spiro atoms. The average molecular weight is 277 g/mol. The van der Waals surface area contributed by atoms with Crippen molar-refractivity contribution in [2.45, 2.75) is 24.6 Å². The smallest absolute Gasteiger partial charge is 0.308 e. The van der Waals surface area contributed by atoms with Gasteiger partial charge in [0.25, 0.3) is 0 Å². The van der Waals surface area contributed by atoms with Crippen molar-refractivity contribution in [3.63, 3.8) is 0 Å². The molecule has 19 heavy (non-hydrogen) atoms. The Morgan fingerprint density at radius 1 is 1.16 bits per heavy atom. The predicted octanol–water partition coefficient (Wildman–Crippen LogP) is 1.91. The summed E-state index contributed by atoms with van der Waals surface area (Å²) in [6.07, 6.45) is 1.19. The quantitative estimate of drug-likeness (QED) is 0.636. The van der Waals surface area contributed by atoms with Gasteiger partial charge in [0.2, 0.25) is 9.84 Å². The van der Waals surface area contributed by atoms with Crippen molar-refractivity contribution in [1.82, 2.24) is 0 Å². The second-order valence-electron chi connectivity index (χ2n) is 4.55. The summed E-state index contributed by atoms with van der Waals surface area (Å²) in [5.41, 5.74) is 2.63. The number of sulfone groups is 1. The van der Waals surface area contributed by atoms with Gasteiger partial charge in [-0.3, -0.25) is 0 Å². The Morgan fingerprint density at radius 3 is 2.58 bits per heavy atom. The molecular formula is C14H15NO3S. The first-order valence-corrected chi connectivity index (χ1v) is 7.52. The van der Waals surface area contributed by atoms with E-state index in [1.807, 2.05) is 32.0 Å². The summed E-state index contributed by atoms with van der Waals surface area (Å²) < 4.78 is 24.9. The SMILES string of the molecule is Cc1ccc(C)c(CS(=O)(=O)c2cccc[n+]2[O-])c1. The number of aryl methyl sites for hydroxylation is 2. The normalized spacial score (nSPS) is 11.5. The number of nitrogens with zero attached hydrogens (tertiary/aromatic N) is 1. The van der Waals surface area contributed by atoms with Crippen molar-refractivity contribution < 1.29 is 13.1 Å². The third-order valence-corrected chi connectivity index (χ3v) is 4.60. The van der Waals surface area contributed by atoms with Gasteiger partial charge >= 0.3 is 5.03 Å². The first-order valence-electron chi connectivity index (χ1n) is 5.87. The van der Waals surface area contributed by atoms with E-state index in [0.717, 1.165) is 16.7 Å².